The van der Waals surface area contributed by atoms with Gasteiger partial charge in [-0.05, 0) is 56.5 Å². The molecule has 4 nitrogen and oxygen atoms in total. The van der Waals surface area contributed by atoms with Crippen molar-refractivity contribution in [3.05, 3.63) is 23.8 Å². The van der Waals surface area contributed by atoms with Crippen LogP contribution in [0.4, 0.5) is 5.69 Å². The lowest BCUT2D eigenvalue weighted by molar-refractivity contribution is -0.122. The number of aromatic hydroxyl groups is 1. The van der Waals surface area contributed by atoms with Gasteiger partial charge < -0.3 is 15.7 Å². The quantitative estimate of drug-likeness (QED) is 0.731. The van der Waals surface area contributed by atoms with E-state index in [1.54, 1.807) is 18.2 Å². The summed E-state index contributed by atoms with van der Waals surface area (Å²) in [5.41, 5.74) is 1.09. The number of phenolic OH excluding ortho intramolecular Hbond substituents is 1. The molecule has 1 unspecified atom stereocenters. The number of anilines is 1. The van der Waals surface area contributed by atoms with E-state index in [1.807, 2.05) is 6.92 Å². The molecule has 1 heterocycles. The van der Waals surface area contributed by atoms with Crippen LogP contribution in [0.15, 0.2) is 18.2 Å². The fraction of sp³-hybridized carbons (Fsp3) is 0.533. The molecule has 2 rings (SSSR count). The molecule has 1 amide bonds. The van der Waals surface area contributed by atoms with Crippen molar-refractivity contribution >= 4 is 11.6 Å². The number of hydrogen-bond donors (Lipinski definition) is 3. The lowest BCUT2D eigenvalue weighted by Gasteiger charge is -2.28. The molecule has 0 bridgehead atoms. The molecule has 0 aromatic heterocycles. The second kappa shape index (κ2) is 5.61. The van der Waals surface area contributed by atoms with Gasteiger partial charge in [0.2, 0.25) is 5.91 Å². The number of nitrogens with one attached hydrogen (secondary N) is 2. The highest BCUT2D eigenvalue weighted by Gasteiger charge is 2.39. The highest BCUT2D eigenvalue weighted by Crippen LogP contribution is 2.27. The van der Waals surface area contributed by atoms with Crippen LogP contribution in [0.3, 0.4) is 0 Å². The van der Waals surface area contributed by atoms with Crippen molar-refractivity contribution in [2.75, 3.05) is 11.9 Å². The summed E-state index contributed by atoms with van der Waals surface area (Å²) in [6.07, 6.45) is 3.77. The molecule has 1 aliphatic rings. The second-order valence-corrected chi connectivity index (χ2v) is 5.32. The molecule has 4 heteroatoms. The predicted octanol–water partition coefficient (Wildman–Crippen LogP) is 2.56. The van der Waals surface area contributed by atoms with Gasteiger partial charge in [-0.25, -0.2) is 0 Å². The zero-order chi connectivity index (χ0) is 13.9. The molecular formula is C15H22N2O2. The van der Waals surface area contributed by atoms with Gasteiger partial charge in [0.1, 0.15) is 5.75 Å². The standard InChI is InChI=1S/C15H22N2O2/c1-3-7-15(8-4-9-16-15)14(19)17-12-5-6-13(18)11(2)10-12/h5-6,10,16,18H,3-4,7-9H2,1-2H3,(H,17,19). The van der Waals surface area contributed by atoms with E-state index in [9.17, 15) is 9.90 Å². The van der Waals surface area contributed by atoms with Gasteiger partial charge in [-0.2, -0.15) is 0 Å². The molecule has 19 heavy (non-hydrogen) atoms. The van der Waals surface area contributed by atoms with Crippen molar-refractivity contribution in [3.63, 3.8) is 0 Å². The maximum Gasteiger partial charge on any atom is 0.244 e. The van der Waals surface area contributed by atoms with Gasteiger partial charge >= 0.3 is 0 Å². The van der Waals surface area contributed by atoms with E-state index in [0.29, 0.717) is 0 Å². The highest BCUT2D eigenvalue weighted by atomic mass is 16.3. The van der Waals surface area contributed by atoms with Crippen molar-refractivity contribution in [2.24, 2.45) is 0 Å². The van der Waals surface area contributed by atoms with Crippen LogP contribution in [0.5, 0.6) is 5.75 Å². The van der Waals surface area contributed by atoms with Crippen LogP contribution in [-0.4, -0.2) is 23.1 Å². The zero-order valence-corrected chi connectivity index (χ0v) is 11.6. The molecule has 1 atom stereocenters. The number of rotatable bonds is 4. The Morgan fingerprint density at radius 1 is 1.53 bits per heavy atom. The Morgan fingerprint density at radius 2 is 2.32 bits per heavy atom. The Bertz CT molecular complexity index is 465. The predicted molar refractivity (Wildman–Crippen MR) is 76.3 cm³/mol. The number of hydrogen-bond acceptors (Lipinski definition) is 3. The van der Waals surface area contributed by atoms with Crippen LogP contribution in [-0.2, 0) is 4.79 Å². The zero-order valence-electron chi connectivity index (χ0n) is 11.6. The maximum atomic E-state index is 12.5. The number of carbonyl (C=O) groups is 1. The summed E-state index contributed by atoms with van der Waals surface area (Å²) >= 11 is 0. The fourth-order valence-electron chi connectivity index (χ4n) is 2.74. The normalized spacial score (nSPS) is 22.4. The average molecular weight is 262 g/mol. The summed E-state index contributed by atoms with van der Waals surface area (Å²) in [6.45, 7) is 4.82. The maximum absolute atomic E-state index is 12.5. The van der Waals surface area contributed by atoms with E-state index in [-0.39, 0.29) is 11.7 Å². The van der Waals surface area contributed by atoms with E-state index < -0.39 is 5.54 Å². The molecule has 1 aromatic rings. The van der Waals surface area contributed by atoms with Gasteiger partial charge in [-0.1, -0.05) is 13.3 Å². The summed E-state index contributed by atoms with van der Waals surface area (Å²) in [5.74, 6) is 0.289. The van der Waals surface area contributed by atoms with Gasteiger partial charge in [0.25, 0.3) is 0 Å². The Balaban J connectivity index is 2.12. The van der Waals surface area contributed by atoms with Gasteiger partial charge in [-0.3, -0.25) is 4.79 Å². The number of aryl methyl sites for hydroxylation is 1. The molecule has 1 aromatic carbocycles. The molecule has 1 fully saturated rings. The minimum Gasteiger partial charge on any atom is -0.508 e. The molecule has 3 N–H and O–H groups in total. The Labute approximate surface area is 114 Å². The largest absolute Gasteiger partial charge is 0.508 e. The highest BCUT2D eigenvalue weighted by molar-refractivity contribution is 5.98. The van der Waals surface area contributed by atoms with Crippen LogP contribution in [0.2, 0.25) is 0 Å². The van der Waals surface area contributed by atoms with Gasteiger partial charge in [0.05, 0.1) is 5.54 Å². The summed E-state index contributed by atoms with van der Waals surface area (Å²) in [4.78, 5) is 12.5. The molecule has 104 valence electrons. The number of carbonyl (C=O) groups excluding carboxylic acids is 1. The van der Waals surface area contributed by atoms with Crippen LogP contribution < -0.4 is 10.6 Å². The van der Waals surface area contributed by atoms with E-state index >= 15 is 0 Å². The third-order valence-electron chi connectivity index (χ3n) is 3.81. The topological polar surface area (TPSA) is 61.4 Å². The smallest absolute Gasteiger partial charge is 0.244 e. The monoisotopic (exact) mass is 262 g/mol. The van der Waals surface area contributed by atoms with E-state index in [0.717, 1.165) is 43.5 Å². The van der Waals surface area contributed by atoms with Crippen LogP contribution in [0.25, 0.3) is 0 Å². The first kappa shape index (κ1) is 13.9. The molecule has 0 aliphatic carbocycles. The third-order valence-corrected chi connectivity index (χ3v) is 3.81. The molecular weight excluding hydrogens is 240 g/mol. The molecule has 0 saturated carbocycles. The molecule has 1 aliphatic heterocycles. The molecule has 1 saturated heterocycles. The van der Waals surface area contributed by atoms with Crippen molar-refractivity contribution in [2.45, 2.75) is 45.1 Å². The van der Waals surface area contributed by atoms with Gasteiger partial charge in [0, 0.05) is 5.69 Å². The van der Waals surface area contributed by atoms with Crippen LogP contribution in [0, 0.1) is 6.92 Å². The Hall–Kier alpha value is -1.55. The minimum atomic E-state index is -0.416. The number of benzene rings is 1. The molecule has 0 radical (unpaired) electrons. The van der Waals surface area contributed by atoms with Crippen LogP contribution in [0.1, 0.15) is 38.2 Å². The lowest BCUT2D eigenvalue weighted by atomic mass is 9.90. The SMILES string of the molecule is CCCC1(C(=O)Nc2ccc(O)c(C)c2)CCCN1. The third kappa shape index (κ3) is 2.89. The van der Waals surface area contributed by atoms with E-state index in [2.05, 4.69) is 17.6 Å². The van der Waals surface area contributed by atoms with Crippen LogP contribution >= 0.6 is 0 Å². The summed E-state index contributed by atoms with van der Waals surface area (Å²) in [5, 5.41) is 15.8. The van der Waals surface area contributed by atoms with Crippen molar-refractivity contribution in [1.82, 2.24) is 5.32 Å². The number of phenols is 1. The van der Waals surface area contributed by atoms with Gasteiger partial charge in [-0.15, -0.1) is 0 Å². The second-order valence-electron chi connectivity index (χ2n) is 5.32. The minimum absolute atomic E-state index is 0.0388. The summed E-state index contributed by atoms with van der Waals surface area (Å²) in [7, 11) is 0. The average Bonchev–Trinajstić information content (AvgIpc) is 2.84. The summed E-state index contributed by atoms with van der Waals surface area (Å²) in [6, 6.07) is 5.14. The van der Waals surface area contributed by atoms with Gasteiger partial charge in [0.15, 0.2) is 0 Å². The van der Waals surface area contributed by atoms with E-state index in [1.165, 1.54) is 0 Å². The Morgan fingerprint density at radius 3 is 2.89 bits per heavy atom. The Kier molecular flexibility index (Phi) is 4.10. The summed E-state index contributed by atoms with van der Waals surface area (Å²) < 4.78 is 0. The lowest BCUT2D eigenvalue weighted by Crippen LogP contribution is -2.50. The first-order valence-electron chi connectivity index (χ1n) is 6.93. The molecule has 0 spiro atoms. The van der Waals surface area contributed by atoms with Crippen molar-refractivity contribution in [3.8, 4) is 5.75 Å². The number of amides is 1. The van der Waals surface area contributed by atoms with Crippen molar-refractivity contribution in [1.29, 1.82) is 0 Å². The van der Waals surface area contributed by atoms with E-state index in [4.69, 9.17) is 0 Å². The fourth-order valence-corrected chi connectivity index (χ4v) is 2.74. The first-order valence-corrected chi connectivity index (χ1v) is 6.93. The van der Waals surface area contributed by atoms with Crippen molar-refractivity contribution < 1.29 is 9.90 Å². The first-order chi connectivity index (χ1) is 9.07.